The zero-order valence-electron chi connectivity index (χ0n) is 54.3. The van der Waals surface area contributed by atoms with Gasteiger partial charge < -0.3 is 43.7 Å². The van der Waals surface area contributed by atoms with Gasteiger partial charge in [-0.2, -0.15) is 8.42 Å². The molecule has 19 heteroatoms. The van der Waals surface area contributed by atoms with Gasteiger partial charge in [0.1, 0.15) is 34.6 Å². The highest BCUT2D eigenvalue weighted by Gasteiger charge is 2.67. The molecule has 0 aromatic rings. The number of hydrogen-bond donors (Lipinski definition) is 3. The Balaban J connectivity index is 0.000000133. The van der Waals surface area contributed by atoms with Crippen molar-refractivity contribution >= 4 is 45.9 Å². The fourth-order valence-electron chi connectivity index (χ4n) is 20.1. The van der Waals surface area contributed by atoms with Crippen LogP contribution in [0.4, 0.5) is 0 Å². The molecule has 89 heavy (non-hydrogen) atoms. The summed E-state index contributed by atoms with van der Waals surface area (Å²) in [5.74, 6) is 2.16. The molecule has 496 valence electrons. The molecule has 0 spiro atoms. The van der Waals surface area contributed by atoms with Crippen LogP contribution in [0, 0.1) is 59.2 Å². The van der Waals surface area contributed by atoms with Crippen LogP contribution in [0.2, 0.25) is 0 Å². The highest BCUT2D eigenvalue weighted by Crippen LogP contribution is 2.64. The van der Waals surface area contributed by atoms with Crippen molar-refractivity contribution in [1.29, 1.82) is 0 Å². The molecule has 16 rings (SSSR count). The third kappa shape index (κ3) is 14.7. The quantitative estimate of drug-likeness (QED) is 0.0632. The molecule has 0 amide bonds. The lowest BCUT2D eigenvalue weighted by atomic mass is 9.47. The normalized spacial score (nSPS) is 40.4. The molecule has 15 aliphatic carbocycles. The van der Waals surface area contributed by atoms with E-state index in [0.717, 1.165) is 76.0 Å². The van der Waals surface area contributed by atoms with Crippen molar-refractivity contribution in [3.05, 3.63) is 60.8 Å². The molecule has 9 unspecified atom stereocenters. The van der Waals surface area contributed by atoms with Crippen LogP contribution in [-0.2, 0) is 71.5 Å². The molecule has 0 radical (unpaired) electrons. The summed E-state index contributed by atoms with van der Waals surface area (Å²) in [6, 6.07) is 0. The van der Waals surface area contributed by atoms with Gasteiger partial charge in [-0.1, -0.05) is 60.1 Å². The smallest absolute Gasteiger partial charge is 0.344 e. The van der Waals surface area contributed by atoms with Crippen LogP contribution < -0.4 is 0 Å². The molecule has 16 aliphatic rings. The van der Waals surface area contributed by atoms with Crippen LogP contribution in [-0.4, -0.2) is 123 Å². The van der Waals surface area contributed by atoms with Crippen LogP contribution in [0.25, 0.3) is 0 Å². The van der Waals surface area contributed by atoms with Gasteiger partial charge in [0.05, 0.1) is 22.1 Å². The molecule has 1 heterocycles. The number of fused-ring (bicyclic) bond motifs is 1. The number of carbonyl (C=O) groups excluding carboxylic acids is 6. The molecule has 15 saturated carbocycles. The molecular formula is C70H102O18S. The highest BCUT2D eigenvalue weighted by atomic mass is 32.2. The maximum absolute atomic E-state index is 12.1. The number of carbonyl (C=O) groups is 6. The zero-order chi connectivity index (χ0) is 65.2. The minimum Gasteiger partial charge on any atom is -0.457 e. The number of esters is 6. The van der Waals surface area contributed by atoms with E-state index >= 15 is 0 Å². The first kappa shape index (κ1) is 68.7. The summed E-state index contributed by atoms with van der Waals surface area (Å²) in [4.78, 5) is 70.0. The lowest BCUT2D eigenvalue weighted by molar-refractivity contribution is -0.260. The van der Waals surface area contributed by atoms with Crippen molar-refractivity contribution in [2.45, 2.75) is 273 Å². The van der Waals surface area contributed by atoms with Crippen LogP contribution >= 0.6 is 0 Å². The molecule has 1 aliphatic heterocycles. The molecule has 14 bridgehead atoms. The Morgan fingerprint density at radius 2 is 0.978 bits per heavy atom. The molecule has 16 fully saturated rings. The third-order valence-corrected chi connectivity index (χ3v) is 24.4. The Labute approximate surface area is 527 Å². The standard InChI is InChI=1S/C17H26O2.C14H20O4.C14H20O3.C13H16O7S.C12H20O2/c1-10(2)16(18)19-17(11(3)4)14-6-12-5-13(8-14)9-15(17)7-12;1-9(2)11(15)18-14-5-10-3-12(16,7-14)6-13(17,4-10)8-14;1-9(2)12(15)17-14-6-10-3-11(7-14)5-13(16,4-10)8-14;1-6(2)13(15)18-5-10(14)19-11-7-3-8-9(4-7)21(16,17)20-12(8)11;1-4-12(8-6-5-7-9-12)14-11(13)10(2)3/h11-15H,1,5-9H2,2-4H3;10,16-17H,1,3-8H2,2H3;10-11,16H,1,3-8H2,2H3;7-9,11-12H,1,3-5H2,2H3;2,4-9H2,1,3H3. The molecule has 9 atom stereocenters. The Bertz CT molecular complexity index is 2890. The summed E-state index contributed by atoms with van der Waals surface area (Å²) in [6.07, 6.45) is 22.1. The first-order valence-electron chi connectivity index (χ1n) is 33.1. The molecule has 0 aromatic heterocycles. The average Bonchev–Trinajstić information content (AvgIpc) is 1.23. The summed E-state index contributed by atoms with van der Waals surface area (Å²) in [6.45, 7) is 32.3. The third-order valence-electron chi connectivity index (χ3n) is 22.6. The molecular weight excluding hydrogens is 1160 g/mol. The van der Waals surface area contributed by atoms with Gasteiger partial charge in [-0.15, -0.1) is 0 Å². The van der Waals surface area contributed by atoms with Crippen molar-refractivity contribution in [2.24, 2.45) is 59.2 Å². The van der Waals surface area contributed by atoms with Crippen molar-refractivity contribution in [3.8, 4) is 0 Å². The van der Waals surface area contributed by atoms with Gasteiger partial charge in [0.15, 0.2) is 6.61 Å². The second-order valence-corrected chi connectivity index (χ2v) is 32.7. The number of hydrogen-bond acceptors (Lipinski definition) is 18. The van der Waals surface area contributed by atoms with Gasteiger partial charge in [0, 0.05) is 65.4 Å². The molecule has 18 nitrogen and oxygen atoms in total. The van der Waals surface area contributed by atoms with E-state index in [-0.39, 0.29) is 52.4 Å². The summed E-state index contributed by atoms with van der Waals surface area (Å²) >= 11 is 0. The summed E-state index contributed by atoms with van der Waals surface area (Å²) in [5.41, 5.74) is -1.71. The van der Waals surface area contributed by atoms with Crippen LogP contribution in [0.1, 0.15) is 216 Å². The Hall–Kier alpha value is -4.69. The largest absolute Gasteiger partial charge is 0.457 e. The lowest BCUT2D eigenvalue weighted by Gasteiger charge is -2.62. The Morgan fingerprint density at radius 1 is 0.528 bits per heavy atom. The van der Waals surface area contributed by atoms with Gasteiger partial charge in [-0.25, -0.2) is 28.8 Å². The van der Waals surface area contributed by atoms with E-state index in [4.69, 9.17) is 32.6 Å². The van der Waals surface area contributed by atoms with E-state index in [0.29, 0.717) is 90.4 Å². The Morgan fingerprint density at radius 3 is 1.45 bits per heavy atom. The van der Waals surface area contributed by atoms with Gasteiger partial charge in [0.2, 0.25) is 0 Å². The predicted molar refractivity (Wildman–Crippen MR) is 330 cm³/mol. The number of aliphatic hydroxyl groups is 3. The fourth-order valence-corrected chi connectivity index (χ4v) is 21.9. The fraction of sp³-hybridized carbons (Fsp3) is 0.771. The molecule has 0 aromatic carbocycles. The van der Waals surface area contributed by atoms with Crippen molar-refractivity contribution < 1.29 is 85.1 Å². The second kappa shape index (κ2) is 25.7. The van der Waals surface area contributed by atoms with Gasteiger partial charge in [-0.3, -0.25) is 4.18 Å². The average molecular weight is 1260 g/mol. The maximum Gasteiger partial charge on any atom is 0.344 e. The summed E-state index contributed by atoms with van der Waals surface area (Å²) in [7, 11) is -3.53. The van der Waals surface area contributed by atoms with E-state index < -0.39 is 80.1 Å². The van der Waals surface area contributed by atoms with E-state index in [1.165, 1.54) is 64.7 Å². The second-order valence-electron chi connectivity index (χ2n) is 30.9. The molecule has 1 saturated heterocycles. The first-order chi connectivity index (χ1) is 41.4. The van der Waals surface area contributed by atoms with E-state index in [1.54, 1.807) is 27.7 Å². The summed E-state index contributed by atoms with van der Waals surface area (Å²) < 4.78 is 61.5. The minimum atomic E-state index is -3.53. The van der Waals surface area contributed by atoms with E-state index in [1.807, 2.05) is 0 Å². The van der Waals surface area contributed by atoms with Gasteiger partial charge >= 0.3 is 35.8 Å². The topological polar surface area (TPSA) is 262 Å². The minimum absolute atomic E-state index is 0.00284. The Kier molecular flexibility index (Phi) is 19.8. The number of ether oxygens (including phenoxy) is 6. The summed E-state index contributed by atoms with van der Waals surface area (Å²) in [5, 5.41) is 31.1. The van der Waals surface area contributed by atoms with Gasteiger partial charge in [-0.05, 0) is 210 Å². The molecule has 3 N–H and O–H groups in total. The monoisotopic (exact) mass is 1260 g/mol. The SMILES string of the molecule is C=C(C)C(=O)OC1(C(C)C)C2CC3CC(C2)CC1C3.C=C(C)C(=O)OC1(CC)CCCCC1.C=C(C)C(=O)OC12CC3CC(CC(O)(C3)C1)C2.C=C(C)C(=O)OC12CC3CC(O)(CC(O)(C3)C1)C2.C=C(C)C(=O)OCC(=O)OC1C2CC3C1OS(=O)(=O)C3C2. The van der Waals surface area contributed by atoms with E-state index in [2.05, 4.69) is 53.7 Å². The van der Waals surface area contributed by atoms with Crippen molar-refractivity contribution in [3.63, 3.8) is 0 Å². The lowest BCUT2D eigenvalue weighted by Crippen LogP contribution is -2.66. The van der Waals surface area contributed by atoms with E-state index in [9.17, 15) is 52.5 Å². The van der Waals surface area contributed by atoms with Crippen LogP contribution in [0.15, 0.2) is 60.8 Å². The van der Waals surface area contributed by atoms with Crippen molar-refractivity contribution in [1.82, 2.24) is 0 Å². The highest BCUT2D eigenvalue weighted by molar-refractivity contribution is 7.87. The first-order valence-corrected chi connectivity index (χ1v) is 34.6. The maximum atomic E-state index is 12.1. The zero-order valence-corrected chi connectivity index (χ0v) is 55.1. The predicted octanol–water partition coefficient (Wildman–Crippen LogP) is 10.8. The van der Waals surface area contributed by atoms with Crippen LogP contribution in [0.3, 0.4) is 0 Å². The van der Waals surface area contributed by atoms with Crippen molar-refractivity contribution in [2.75, 3.05) is 6.61 Å². The van der Waals surface area contributed by atoms with Gasteiger partial charge in [0.25, 0.3) is 10.1 Å². The van der Waals surface area contributed by atoms with Crippen LogP contribution in [0.5, 0.6) is 0 Å². The number of rotatable bonds is 14.